The molecule has 226 valence electrons. The number of aliphatic hydroxyl groups excluding tert-OH is 2. The topological polar surface area (TPSA) is 197 Å². The Labute approximate surface area is 248 Å². The van der Waals surface area contributed by atoms with Crippen LogP contribution in [0.3, 0.4) is 0 Å². The van der Waals surface area contributed by atoms with Gasteiger partial charge in [-0.2, -0.15) is 9.97 Å². The molecule has 5 rings (SSSR count). The zero-order valence-electron chi connectivity index (χ0n) is 23.7. The van der Waals surface area contributed by atoms with Crippen molar-refractivity contribution >= 4 is 35.2 Å². The van der Waals surface area contributed by atoms with Gasteiger partial charge in [0.1, 0.15) is 12.2 Å². The number of ether oxygens (including phenoxy) is 1. The molecule has 43 heavy (non-hydrogen) atoms. The van der Waals surface area contributed by atoms with Crippen LogP contribution in [0.4, 0.5) is 11.8 Å². The molecule has 14 heteroatoms. The largest absolute Gasteiger partial charge is 0.387 e. The predicted octanol–water partition coefficient (Wildman–Crippen LogP) is 0.729. The van der Waals surface area contributed by atoms with E-state index < -0.39 is 30.4 Å². The Morgan fingerprint density at radius 3 is 2.42 bits per heavy atom. The number of carbonyl (C=O) groups excluding carboxylic acids is 1. The highest BCUT2D eigenvalue weighted by Crippen LogP contribution is 2.33. The van der Waals surface area contributed by atoms with Crippen molar-refractivity contribution in [3.05, 3.63) is 78.1 Å². The van der Waals surface area contributed by atoms with Crippen LogP contribution >= 0.6 is 0 Å². The Morgan fingerprint density at radius 2 is 1.77 bits per heavy atom. The molecular formula is C29H36N10O4. The van der Waals surface area contributed by atoms with Crippen LogP contribution in [-0.4, -0.2) is 86.5 Å². The molecule has 3 heterocycles. The number of hydrogen-bond acceptors (Lipinski definition) is 11. The quantitative estimate of drug-likeness (QED) is 0.0382. The number of hydrazine groups is 1. The molecule has 1 aliphatic heterocycles. The maximum Gasteiger partial charge on any atom is 0.252 e. The first-order chi connectivity index (χ1) is 21.0. The molecule has 0 saturated carbocycles. The number of rotatable bonds is 13. The number of benzene rings is 2. The standard InChI is InChI=1S/C29H36N10O4/c1-2-32-27(42)24-22(40)23(41)28(43-24)39-17-35-21-25(37-29(38-26(21)39)33-14-13-31-16-36-30)34-15-20(18-9-5-3-6-10-18)19-11-7-4-8-12-19/h3-12,16-17,20,22-24,28,40-41H,2,13-15,30H2,1H3,(H,31,36)(H,32,42)(H2,33,34,37,38)/t22-,23+,24-,28+/m0/s1. The lowest BCUT2D eigenvalue weighted by Gasteiger charge is -2.20. The van der Waals surface area contributed by atoms with Gasteiger partial charge in [0.25, 0.3) is 5.91 Å². The van der Waals surface area contributed by atoms with E-state index in [1.807, 2.05) is 36.4 Å². The fourth-order valence-electron chi connectivity index (χ4n) is 5.03. The number of amides is 1. The van der Waals surface area contributed by atoms with Crippen LogP contribution in [-0.2, 0) is 9.53 Å². The maximum absolute atomic E-state index is 12.5. The fraction of sp³-hybridized carbons (Fsp3) is 0.345. The molecule has 8 N–H and O–H groups in total. The number of carbonyl (C=O) groups is 1. The lowest BCUT2D eigenvalue weighted by Crippen LogP contribution is -2.42. The number of anilines is 2. The number of aromatic nitrogens is 4. The Kier molecular flexibility index (Phi) is 9.73. The number of fused-ring (bicyclic) bond motifs is 1. The minimum atomic E-state index is -1.43. The smallest absolute Gasteiger partial charge is 0.252 e. The first-order valence-electron chi connectivity index (χ1n) is 14.1. The number of nitrogens with zero attached hydrogens (tertiary/aromatic N) is 5. The summed E-state index contributed by atoms with van der Waals surface area (Å²) in [5.74, 6) is 5.49. The number of imidazole rings is 1. The van der Waals surface area contributed by atoms with Gasteiger partial charge in [0, 0.05) is 25.6 Å². The Bertz CT molecular complexity index is 1480. The summed E-state index contributed by atoms with van der Waals surface area (Å²) in [4.78, 5) is 30.5. The van der Waals surface area contributed by atoms with Gasteiger partial charge in [-0.05, 0) is 18.1 Å². The predicted molar refractivity (Wildman–Crippen MR) is 162 cm³/mol. The molecule has 4 aromatic rings. The Hall–Kier alpha value is -4.63. The molecule has 0 radical (unpaired) electrons. The second-order valence-electron chi connectivity index (χ2n) is 9.93. The van der Waals surface area contributed by atoms with E-state index in [0.717, 1.165) is 11.1 Å². The van der Waals surface area contributed by atoms with E-state index in [9.17, 15) is 15.0 Å². The van der Waals surface area contributed by atoms with Crippen LogP contribution < -0.4 is 27.2 Å². The van der Waals surface area contributed by atoms with Crippen molar-refractivity contribution in [2.24, 2.45) is 10.8 Å². The molecule has 0 unspecified atom stereocenters. The number of nitrogens with one attached hydrogen (secondary N) is 4. The highest BCUT2D eigenvalue weighted by atomic mass is 16.6. The summed E-state index contributed by atoms with van der Waals surface area (Å²) in [6.07, 6.45) is -2.34. The van der Waals surface area contributed by atoms with Gasteiger partial charge in [-0.25, -0.2) is 10.8 Å². The van der Waals surface area contributed by atoms with Crippen LogP contribution in [0.15, 0.2) is 72.0 Å². The molecule has 1 fully saturated rings. The second kappa shape index (κ2) is 14.0. The normalized spacial score (nSPS) is 20.1. The van der Waals surface area contributed by atoms with Crippen LogP contribution in [0.5, 0.6) is 0 Å². The third-order valence-electron chi connectivity index (χ3n) is 7.11. The SMILES string of the molecule is CCNC(=O)[C@H]1O[C@@H](n2cnc3c(NCC(c4ccccc4)c4ccccc4)nc(NCCN=CNN)nc32)[C@H](O)[C@@H]1O. The number of aliphatic imine (C=N–C) groups is 1. The highest BCUT2D eigenvalue weighted by Gasteiger charge is 2.47. The van der Waals surface area contributed by atoms with Crippen molar-refractivity contribution in [2.75, 3.05) is 36.8 Å². The molecule has 14 nitrogen and oxygen atoms in total. The number of nitrogens with two attached hydrogens (primary N) is 1. The van der Waals surface area contributed by atoms with E-state index >= 15 is 0 Å². The van der Waals surface area contributed by atoms with Crippen LogP contribution in [0.25, 0.3) is 11.2 Å². The maximum atomic E-state index is 12.5. The first kappa shape index (κ1) is 29.8. The van der Waals surface area contributed by atoms with E-state index in [0.29, 0.717) is 43.2 Å². The Balaban J connectivity index is 1.48. The van der Waals surface area contributed by atoms with Gasteiger partial charge >= 0.3 is 0 Å². The molecule has 1 amide bonds. The minimum Gasteiger partial charge on any atom is -0.387 e. The van der Waals surface area contributed by atoms with Gasteiger partial charge in [-0.1, -0.05) is 60.7 Å². The van der Waals surface area contributed by atoms with Crippen LogP contribution in [0.1, 0.15) is 30.2 Å². The van der Waals surface area contributed by atoms with Crippen molar-refractivity contribution < 1.29 is 19.7 Å². The number of hydrogen-bond donors (Lipinski definition) is 7. The average molecular weight is 589 g/mol. The summed E-state index contributed by atoms with van der Waals surface area (Å²) >= 11 is 0. The van der Waals surface area contributed by atoms with Crippen LogP contribution in [0, 0.1) is 0 Å². The van der Waals surface area contributed by atoms with Crippen molar-refractivity contribution in [2.45, 2.75) is 37.4 Å². The average Bonchev–Trinajstić information content (AvgIpc) is 3.58. The second-order valence-corrected chi connectivity index (χ2v) is 9.93. The van der Waals surface area contributed by atoms with Crippen LogP contribution in [0.2, 0.25) is 0 Å². The van der Waals surface area contributed by atoms with Gasteiger partial charge in [0.05, 0.1) is 19.2 Å². The highest BCUT2D eigenvalue weighted by molar-refractivity contribution is 5.85. The molecule has 0 spiro atoms. The van der Waals surface area contributed by atoms with Crippen molar-refractivity contribution in [3.63, 3.8) is 0 Å². The lowest BCUT2D eigenvalue weighted by atomic mass is 9.91. The number of aliphatic hydroxyl groups is 2. The molecule has 0 bridgehead atoms. The molecule has 0 aliphatic carbocycles. The summed E-state index contributed by atoms with van der Waals surface area (Å²) in [7, 11) is 0. The molecule has 2 aromatic heterocycles. The Morgan fingerprint density at radius 1 is 1.07 bits per heavy atom. The molecular weight excluding hydrogens is 552 g/mol. The van der Waals surface area contributed by atoms with E-state index in [1.165, 1.54) is 17.2 Å². The van der Waals surface area contributed by atoms with Gasteiger partial charge in [-0.3, -0.25) is 14.4 Å². The molecule has 1 aliphatic rings. The van der Waals surface area contributed by atoms with Gasteiger partial charge in [0.2, 0.25) is 5.95 Å². The van der Waals surface area contributed by atoms with Crippen molar-refractivity contribution in [3.8, 4) is 0 Å². The fourth-order valence-corrected chi connectivity index (χ4v) is 5.03. The summed E-state index contributed by atoms with van der Waals surface area (Å²) < 4.78 is 7.35. The van der Waals surface area contributed by atoms with Gasteiger partial charge < -0.3 is 36.3 Å². The van der Waals surface area contributed by atoms with E-state index in [1.54, 1.807) is 6.92 Å². The lowest BCUT2D eigenvalue weighted by molar-refractivity contribution is -0.137. The third-order valence-corrected chi connectivity index (χ3v) is 7.11. The zero-order valence-corrected chi connectivity index (χ0v) is 23.7. The summed E-state index contributed by atoms with van der Waals surface area (Å²) in [5, 5.41) is 30.7. The summed E-state index contributed by atoms with van der Waals surface area (Å²) in [6, 6.07) is 20.4. The molecule has 2 aromatic carbocycles. The van der Waals surface area contributed by atoms with Crippen molar-refractivity contribution in [1.82, 2.24) is 30.3 Å². The van der Waals surface area contributed by atoms with Gasteiger partial charge in [0.15, 0.2) is 29.3 Å². The summed E-state index contributed by atoms with van der Waals surface area (Å²) in [6.45, 7) is 3.43. The third kappa shape index (κ3) is 6.73. The van der Waals surface area contributed by atoms with Gasteiger partial charge in [-0.15, -0.1) is 0 Å². The molecule has 1 saturated heterocycles. The zero-order chi connectivity index (χ0) is 30.2. The van der Waals surface area contributed by atoms with Crippen molar-refractivity contribution in [1.29, 1.82) is 0 Å². The summed E-state index contributed by atoms with van der Waals surface area (Å²) in [5.41, 5.74) is 5.40. The van der Waals surface area contributed by atoms with E-state index in [2.05, 4.69) is 60.6 Å². The van der Waals surface area contributed by atoms with E-state index in [4.69, 9.17) is 15.6 Å². The first-order valence-corrected chi connectivity index (χ1v) is 14.1. The monoisotopic (exact) mass is 588 g/mol. The number of likely N-dealkylation sites (N-methyl/N-ethyl adjacent to an activating group) is 1. The van der Waals surface area contributed by atoms with E-state index in [-0.39, 0.29) is 11.9 Å². The minimum absolute atomic E-state index is 0.0111. The molecule has 4 atom stereocenters.